The SMILES string of the molecule is CCN1CCCC1CNC(=O)CNCc1cc(/C=N/C2CC2)ccn1. The van der Waals surface area contributed by atoms with E-state index in [9.17, 15) is 4.79 Å². The van der Waals surface area contributed by atoms with Gasteiger partial charge in [-0.25, -0.2) is 0 Å². The minimum atomic E-state index is 0.0504. The van der Waals surface area contributed by atoms with Crippen LogP contribution >= 0.6 is 0 Å². The van der Waals surface area contributed by atoms with Gasteiger partial charge in [-0.05, 0) is 56.5 Å². The molecule has 0 aromatic carbocycles. The predicted molar refractivity (Wildman–Crippen MR) is 99.8 cm³/mol. The maximum atomic E-state index is 12.0. The first kappa shape index (κ1) is 18.0. The van der Waals surface area contributed by atoms with Crippen LogP contribution < -0.4 is 10.6 Å². The first-order chi connectivity index (χ1) is 12.2. The molecule has 3 rings (SSSR count). The fraction of sp³-hybridized carbons (Fsp3) is 0.632. The fourth-order valence-electron chi connectivity index (χ4n) is 3.23. The number of carbonyl (C=O) groups excluding carboxylic acids is 1. The number of aromatic nitrogens is 1. The molecule has 1 saturated heterocycles. The van der Waals surface area contributed by atoms with E-state index in [1.54, 1.807) is 6.20 Å². The number of hydrogen-bond donors (Lipinski definition) is 2. The van der Waals surface area contributed by atoms with E-state index in [1.165, 1.54) is 25.7 Å². The first-order valence-electron chi connectivity index (χ1n) is 9.44. The molecule has 1 unspecified atom stereocenters. The van der Waals surface area contributed by atoms with Crippen molar-refractivity contribution in [1.29, 1.82) is 0 Å². The quantitative estimate of drug-likeness (QED) is 0.664. The molecule has 0 radical (unpaired) electrons. The van der Waals surface area contributed by atoms with Crippen LogP contribution in [0, 0.1) is 0 Å². The lowest BCUT2D eigenvalue weighted by Gasteiger charge is -2.22. The Morgan fingerprint density at radius 3 is 3.12 bits per heavy atom. The second kappa shape index (κ2) is 9.06. The standard InChI is InChI=1S/C19H29N5O/c1-2-24-9-3-4-18(24)13-23-19(25)14-20-12-17-10-15(7-8-21-17)11-22-16-5-6-16/h7-8,10-11,16,18,20H,2-6,9,12-14H2,1H3,(H,23,25)/b22-11+. The molecule has 2 fully saturated rings. The minimum Gasteiger partial charge on any atom is -0.353 e. The van der Waals surface area contributed by atoms with Crippen molar-refractivity contribution >= 4 is 12.1 Å². The van der Waals surface area contributed by atoms with E-state index in [4.69, 9.17) is 0 Å². The summed E-state index contributed by atoms with van der Waals surface area (Å²) in [6.45, 7) is 6.05. The van der Waals surface area contributed by atoms with Crippen molar-refractivity contribution in [3.63, 3.8) is 0 Å². The first-order valence-corrected chi connectivity index (χ1v) is 9.44. The van der Waals surface area contributed by atoms with Gasteiger partial charge in [0.15, 0.2) is 0 Å². The van der Waals surface area contributed by atoms with Crippen LogP contribution in [0.15, 0.2) is 23.3 Å². The Kier molecular flexibility index (Phi) is 6.53. The van der Waals surface area contributed by atoms with Crippen molar-refractivity contribution in [2.75, 3.05) is 26.2 Å². The number of likely N-dealkylation sites (N-methyl/N-ethyl adjacent to an activating group) is 1. The Balaban J connectivity index is 1.35. The second-order valence-electron chi connectivity index (χ2n) is 6.92. The highest BCUT2D eigenvalue weighted by molar-refractivity contribution is 5.80. The Hall–Kier alpha value is -1.79. The summed E-state index contributed by atoms with van der Waals surface area (Å²) in [7, 11) is 0. The van der Waals surface area contributed by atoms with Gasteiger partial charge >= 0.3 is 0 Å². The van der Waals surface area contributed by atoms with Crippen molar-refractivity contribution in [2.24, 2.45) is 4.99 Å². The normalized spacial score (nSPS) is 21.1. The van der Waals surface area contributed by atoms with E-state index in [-0.39, 0.29) is 5.91 Å². The van der Waals surface area contributed by atoms with Gasteiger partial charge in [-0.2, -0.15) is 0 Å². The highest BCUT2D eigenvalue weighted by atomic mass is 16.1. The van der Waals surface area contributed by atoms with E-state index in [0.717, 1.165) is 30.9 Å². The van der Waals surface area contributed by atoms with Gasteiger partial charge < -0.3 is 10.6 Å². The topological polar surface area (TPSA) is 69.6 Å². The van der Waals surface area contributed by atoms with Crippen molar-refractivity contribution in [3.8, 4) is 0 Å². The second-order valence-corrected chi connectivity index (χ2v) is 6.92. The summed E-state index contributed by atoms with van der Waals surface area (Å²) in [6.07, 6.45) is 8.56. The molecule has 6 nitrogen and oxygen atoms in total. The van der Waals surface area contributed by atoms with Gasteiger partial charge in [0.1, 0.15) is 0 Å². The number of aliphatic imine (C=N–C) groups is 1. The van der Waals surface area contributed by atoms with Gasteiger partial charge in [0, 0.05) is 31.5 Å². The number of rotatable bonds is 9. The summed E-state index contributed by atoms with van der Waals surface area (Å²) < 4.78 is 0. The third-order valence-corrected chi connectivity index (χ3v) is 4.85. The zero-order valence-corrected chi connectivity index (χ0v) is 15.1. The number of likely N-dealkylation sites (tertiary alicyclic amines) is 1. The molecule has 1 aliphatic heterocycles. The average Bonchev–Trinajstić information content (AvgIpc) is 3.35. The summed E-state index contributed by atoms with van der Waals surface area (Å²) in [5.41, 5.74) is 2.00. The molecular formula is C19H29N5O. The molecule has 1 amide bonds. The van der Waals surface area contributed by atoms with Crippen molar-refractivity contribution < 1.29 is 4.79 Å². The van der Waals surface area contributed by atoms with Crippen LogP contribution in [-0.2, 0) is 11.3 Å². The summed E-state index contributed by atoms with van der Waals surface area (Å²) in [6, 6.07) is 5.01. The smallest absolute Gasteiger partial charge is 0.234 e. The summed E-state index contributed by atoms with van der Waals surface area (Å²) in [5.74, 6) is 0.0504. The number of pyridine rings is 1. The summed E-state index contributed by atoms with van der Waals surface area (Å²) >= 11 is 0. The molecule has 6 heteroatoms. The lowest BCUT2D eigenvalue weighted by Crippen LogP contribution is -2.42. The molecule has 1 saturated carbocycles. The van der Waals surface area contributed by atoms with Gasteiger partial charge in [0.05, 0.1) is 18.3 Å². The van der Waals surface area contributed by atoms with Crippen LogP contribution in [0.2, 0.25) is 0 Å². The van der Waals surface area contributed by atoms with Crippen molar-refractivity contribution in [3.05, 3.63) is 29.6 Å². The molecule has 1 aliphatic carbocycles. The van der Waals surface area contributed by atoms with E-state index < -0.39 is 0 Å². The Bertz CT molecular complexity index is 599. The van der Waals surface area contributed by atoms with Crippen LogP contribution in [0.5, 0.6) is 0 Å². The fourth-order valence-corrected chi connectivity index (χ4v) is 3.23. The number of amides is 1. The van der Waals surface area contributed by atoms with Crippen LogP contribution in [0.4, 0.5) is 0 Å². The lowest BCUT2D eigenvalue weighted by molar-refractivity contribution is -0.120. The largest absolute Gasteiger partial charge is 0.353 e. The predicted octanol–water partition coefficient (Wildman–Crippen LogP) is 1.35. The van der Waals surface area contributed by atoms with E-state index >= 15 is 0 Å². The molecule has 2 aliphatic rings. The van der Waals surface area contributed by atoms with Gasteiger partial charge in [0.2, 0.25) is 5.91 Å². The summed E-state index contributed by atoms with van der Waals surface area (Å²) in [5, 5.41) is 6.22. The highest BCUT2D eigenvalue weighted by Gasteiger charge is 2.23. The zero-order valence-electron chi connectivity index (χ0n) is 15.1. The molecule has 25 heavy (non-hydrogen) atoms. The molecule has 1 atom stereocenters. The Morgan fingerprint density at radius 1 is 1.44 bits per heavy atom. The maximum Gasteiger partial charge on any atom is 0.234 e. The summed E-state index contributed by atoms with van der Waals surface area (Å²) in [4.78, 5) is 23.3. The molecule has 0 spiro atoms. The van der Waals surface area contributed by atoms with Gasteiger partial charge in [0.25, 0.3) is 0 Å². The Morgan fingerprint density at radius 2 is 2.32 bits per heavy atom. The maximum absolute atomic E-state index is 12.0. The third kappa shape index (κ3) is 5.90. The number of nitrogens with one attached hydrogen (secondary N) is 2. The molecule has 2 heterocycles. The average molecular weight is 343 g/mol. The van der Waals surface area contributed by atoms with Gasteiger partial charge in [-0.3, -0.25) is 19.7 Å². The minimum absolute atomic E-state index is 0.0504. The molecule has 2 N–H and O–H groups in total. The molecular weight excluding hydrogens is 314 g/mol. The number of carbonyl (C=O) groups is 1. The molecule has 0 bridgehead atoms. The lowest BCUT2D eigenvalue weighted by atomic mass is 10.2. The van der Waals surface area contributed by atoms with Crippen LogP contribution in [0.1, 0.15) is 43.9 Å². The van der Waals surface area contributed by atoms with Gasteiger partial charge in [-0.15, -0.1) is 0 Å². The number of hydrogen-bond acceptors (Lipinski definition) is 5. The highest BCUT2D eigenvalue weighted by Crippen LogP contribution is 2.23. The van der Waals surface area contributed by atoms with Crippen LogP contribution in [-0.4, -0.2) is 60.3 Å². The van der Waals surface area contributed by atoms with Gasteiger partial charge in [-0.1, -0.05) is 6.92 Å². The van der Waals surface area contributed by atoms with E-state index in [0.29, 0.717) is 25.2 Å². The molecule has 1 aromatic heterocycles. The monoisotopic (exact) mass is 343 g/mol. The van der Waals surface area contributed by atoms with E-state index in [1.807, 2.05) is 18.3 Å². The van der Waals surface area contributed by atoms with Crippen LogP contribution in [0.25, 0.3) is 0 Å². The number of nitrogens with zero attached hydrogens (tertiary/aromatic N) is 3. The molecule has 136 valence electrons. The third-order valence-electron chi connectivity index (χ3n) is 4.85. The van der Waals surface area contributed by atoms with E-state index in [2.05, 4.69) is 32.4 Å². The van der Waals surface area contributed by atoms with Crippen molar-refractivity contribution in [2.45, 2.75) is 51.2 Å². The zero-order chi connectivity index (χ0) is 17.5. The molecule has 1 aromatic rings. The Labute approximate surface area is 150 Å². The van der Waals surface area contributed by atoms with Crippen molar-refractivity contribution in [1.82, 2.24) is 20.5 Å². The van der Waals surface area contributed by atoms with Crippen LogP contribution in [0.3, 0.4) is 0 Å².